The van der Waals surface area contributed by atoms with Gasteiger partial charge in [-0.25, -0.2) is 9.97 Å². The number of likely N-dealkylation sites (tertiary alicyclic amines) is 1. The third-order valence-electron chi connectivity index (χ3n) is 3.74. The number of nitrogen functional groups attached to an aromatic ring is 1. The van der Waals surface area contributed by atoms with E-state index < -0.39 is 0 Å². The van der Waals surface area contributed by atoms with Crippen molar-refractivity contribution in [3.8, 4) is 0 Å². The molecule has 0 radical (unpaired) electrons. The molecule has 1 aromatic heterocycles. The Hall–Kier alpha value is -1.36. The highest BCUT2D eigenvalue weighted by Crippen LogP contribution is 2.30. The molecule has 1 aromatic rings. The van der Waals surface area contributed by atoms with Gasteiger partial charge < -0.3 is 11.1 Å². The van der Waals surface area contributed by atoms with E-state index in [0.717, 1.165) is 30.6 Å². The quantitative estimate of drug-likeness (QED) is 0.838. The lowest BCUT2D eigenvalue weighted by Crippen LogP contribution is -2.28. The zero-order valence-corrected chi connectivity index (χ0v) is 10.9. The smallest absolute Gasteiger partial charge is 0.132 e. The fraction of sp³-hybridized carbons (Fsp3) is 0.692. The molecule has 0 bridgehead atoms. The van der Waals surface area contributed by atoms with E-state index >= 15 is 0 Å². The number of aromatic nitrogens is 2. The predicted molar refractivity (Wildman–Crippen MR) is 72.4 cm³/mol. The molecule has 2 heterocycles. The van der Waals surface area contributed by atoms with Crippen LogP contribution in [0.3, 0.4) is 0 Å². The van der Waals surface area contributed by atoms with Crippen LogP contribution in [0, 0.1) is 0 Å². The summed E-state index contributed by atoms with van der Waals surface area (Å²) in [6.45, 7) is 4.39. The Morgan fingerprint density at radius 3 is 2.94 bits per heavy atom. The predicted octanol–water partition coefficient (Wildman–Crippen LogP) is 1.27. The topological polar surface area (TPSA) is 67.1 Å². The van der Waals surface area contributed by atoms with Gasteiger partial charge in [-0.2, -0.15) is 0 Å². The zero-order chi connectivity index (χ0) is 12.5. The molecular formula is C13H21N5. The lowest BCUT2D eigenvalue weighted by Gasteiger charge is -2.16. The normalized spacial score (nSPS) is 24.4. The standard InChI is InChI=1S/C13H21N5/c1-2-12-16-11(14)7-13(17-12)15-9-5-6-18(8-9)10-3-4-10/h7,9-10H,2-6,8H2,1H3,(H3,14,15,16,17). The zero-order valence-electron chi connectivity index (χ0n) is 10.9. The second-order valence-corrected chi connectivity index (χ2v) is 5.30. The summed E-state index contributed by atoms with van der Waals surface area (Å²) >= 11 is 0. The van der Waals surface area contributed by atoms with E-state index in [-0.39, 0.29) is 0 Å². The highest BCUT2D eigenvalue weighted by atomic mass is 15.2. The van der Waals surface area contributed by atoms with E-state index in [2.05, 4.69) is 20.2 Å². The van der Waals surface area contributed by atoms with Crippen LogP contribution in [0.5, 0.6) is 0 Å². The molecule has 0 aromatic carbocycles. The van der Waals surface area contributed by atoms with Crippen LogP contribution in [0.15, 0.2) is 6.07 Å². The third kappa shape index (κ3) is 2.56. The molecule has 3 rings (SSSR count). The lowest BCUT2D eigenvalue weighted by molar-refractivity contribution is 0.326. The van der Waals surface area contributed by atoms with Crippen LogP contribution >= 0.6 is 0 Å². The highest BCUT2D eigenvalue weighted by Gasteiger charge is 2.34. The molecule has 1 atom stereocenters. The van der Waals surface area contributed by atoms with E-state index in [1.54, 1.807) is 0 Å². The summed E-state index contributed by atoms with van der Waals surface area (Å²) in [5.41, 5.74) is 5.79. The van der Waals surface area contributed by atoms with Crippen LogP contribution in [0.25, 0.3) is 0 Å². The Bertz CT molecular complexity index is 429. The summed E-state index contributed by atoms with van der Waals surface area (Å²) in [6.07, 6.45) is 4.78. The Kier molecular flexibility index (Phi) is 3.07. The fourth-order valence-electron chi connectivity index (χ4n) is 2.64. The molecule has 2 aliphatic rings. The average Bonchev–Trinajstić information content (AvgIpc) is 3.10. The lowest BCUT2D eigenvalue weighted by atomic mass is 10.2. The molecule has 3 N–H and O–H groups in total. The number of nitrogens with zero attached hydrogens (tertiary/aromatic N) is 3. The Morgan fingerprint density at radius 1 is 1.39 bits per heavy atom. The molecular weight excluding hydrogens is 226 g/mol. The summed E-state index contributed by atoms with van der Waals surface area (Å²) in [7, 11) is 0. The molecule has 5 heteroatoms. The van der Waals surface area contributed by atoms with Crippen LogP contribution in [0.4, 0.5) is 11.6 Å². The summed E-state index contributed by atoms with van der Waals surface area (Å²) in [5, 5.41) is 3.50. The van der Waals surface area contributed by atoms with Crippen molar-refractivity contribution in [3.05, 3.63) is 11.9 Å². The first kappa shape index (κ1) is 11.7. The number of hydrogen-bond donors (Lipinski definition) is 2. The second-order valence-electron chi connectivity index (χ2n) is 5.30. The van der Waals surface area contributed by atoms with Crippen molar-refractivity contribution in [2.45, 2.75) is 44.7 Å². The molecule has 1 aliphatic carbocycles. The van der Waals surface area contributed by atoms with Crippen molar-refractivity contribution in [1.29, 1.82) is 0 Å². The van der Waals surface area contributed by atoms with Gasteiger partial charge in [0.2, 0.25) is 0 Å². The summed E-state index contributed by atoms with van der Waals surface area (Å²) in [4.78, 5) is 11.3. The highest BCUT2D eigenvalue weighted by molar-refractivity contribution is 5.45. The Balaban J connectivity index is 1.63. The second kappa shape index (κ2) is 4.72. The number of nitrogens with one attached hydrogen (secondary N) is 1. The first-order valence-electron chi connectivity index (χ1n) is 6.88. The average molecular weight is 247 g/mol. The molecule has 98 valence electrons. The summed E-state index contributed by atoms with van der Waals surface area (Å²) < 4.78 is 0. The first-order chi connectivity index (χ1) is 8.74. The van der Waals surface area contributed by atoms with Gasteiger partial charge in [0.1, 0.15) is 17.5 Å². The largest absolute Gasteiger partial charge is 0.384 e. The van der Waals surface area contributed by atoms with Crippen molar-refractivity contribution in [2.75, 3.05) is 24.1 Å². The maximum atomic E-state index is 5.79. The third-order valence-corrected chi connectivity index (χ3v) is 3.74. The molecule has 0 spiro atoms. The van der Waals surface area contributed by atoms with Gasteiger partial charge in [-0.15, -0.1) is 0 Å². The number of rotatable bonds is 4. The van der Waals surface area contributed by atoms with Crippen LogP contribution in [0.2, 0.25) is 0 Å². The van der Waals surface area contributed by atoms with Gasteiger partial charge in [0.05, 0.1) is 0 Å². The van der Waals surface area contributed by atoms with Crippen molar-refractivity contribution >= 4 is 11.6 Å². The maximum absolute atomic E-state index is 5.79. The minimum atomic E-state index is 0.504. The van der Waals surface area contributed by atoms with Gasteiger partial charge in [0.25, 0.3) is 0 Å². The van der Waals surface area contributed by atoms with Crippen LogP contribution in [0.1, 0.15) is 32.0 Å². The van der Waals surface area contributed by atoms with Crippen LogP contribution in [-0.2, 0) is 6.42 Å². The Labute approximate surface area is 108 Å². The fourth-order valence-corrected chi connectivity index (χ4v) is 2.64. The molecule has 5 nitrogen and oxygen atoms in total. The van der Waals surface area contributed by atoms with Crippen molar-refractivity contribution in [1.82, 2.24) is 14.9 Å². The number of anilines is 2. The van der Waals surface area contributed by atoms with Crippen LogP contribution in [-0.4, -0.2) is 40.0 Å². The number of aryl methyl sites for hydroxylation is 1. The van der Waals surface area contributed by atoms with Gasteiger partial charge in [-0.3, -0.25) is 4.90 Å². The van der Waals surface area contributed by atoms with E-state index in [1.807, 2.05) is 13.0 Å². The number of hydrogen-bond acceptors (Lipinski definition) is 5. The van der Waals surface area contributed by atoms with Gasteiger partial charge >= 0.3 is 0 Å². The maximum Gasteiger partial charge on any atom is 0.132 e. The van der Waals surface area contributed by atoms with Crippen molar-refractivity contribution in [2.24, 2.45) is 0 Å². The van der Waals surface area contributed by atoms with Gasteiger partial charge in [0, 0.05) is 37.7 Å². The van der Waals surface area contributed by atoms with Gasteiger partial charge in [-0.1, -0.05) is 6.92 Å². The van der Waals surface area contributed by atoms with E-state index in [9.17, 15) is 0 Å². The minimum absolute atomic E-state index is 0.504. The molecule has 1 saturated carbocycles. The molecule has 2 fully saturated rings. The van der Waals surface area contributed by atoms with E-state index in [0.29, 0.717) is 11.9 Å². The Morgan fingerprint density at radius 2 is 2.22 bits per heavy atom. The first-order valence-corrected chi connectivity index (χ1v) is 6.88. The van der Waals surface area contributed by atoms with Crippen LogP contribution < -0.4 is 11.1 Å². The van der Waals surface area contributed by atoms with Crippen molar-refractivity contribution in [3.63, 3.8) is 0 Å². The number of nitrogens with two attached hydrogens (primary N) is 1. The van der Waals surface area contributed by atoms with Crippen molar-refractivity contribution < 1.29 is 0 Å². The molecule has 1 aliphatic heterocycles. The van der Waals surface area contributed by atoms with Gasteiger partial charge in [-0.05, 0) is 19.3 Å². The summed E-state index contributed by atoms with van der Waals surface area (Å²) in [5.74, 6) is 2.25. The van der Waals surface area contributed by atoms with E-state index in [4.69, 9.17) is 5.73 Å². The molecule has 1 unspecified atom stereocenters. The minimum Gasteiger partial charge on any atom is -0.384 e. The summed E-state index contributed by atoms with van der Waals surface area (Å²) in [6, 6.07) is 3.20. The molecule has 0 amide bonds. The van der Waals surface area contributed by atoms with E-state index in [1.165, 1.54) is 25.8 Å². The molecule has 18 heavy (non-hydrogen) atoms. The monoisotopic (exact) mass is 247 g/mol. The molecule has 1 saturated heterocycles. The SMILES string of the molecule is CCc1nc(N)cc(NC2CCN(C3CC3)C2)n1. The van der Waals surface area contributed by atoms with Gasteiger partial charge in [0.15, 0.2) is 0 Å².